The van der Waals surface area contributed by atoms with E-state index >= 15 is 0 Å². The average molecular weight is 436 g/mol. The summed E-state index contributed by atoms with van der Waals surface area (Å²) >= 11 is 6.00. The van der Waals surface area contributed by atoms with Crippen LogP contribution < -0.4 is 16.0 Å². The van der Waals surface area contributed by atoms with Crippen molar-refractivity contribution >= 4 is 23.6 Å². The fourth-order valence-corrected chi connectivity index (χ4v) is 4.64. The fraction of sp³-hybridized carbons (Fsp3) is 0.364. The third-order valence-electron chi connectivity index (χ3n) is 6.69. The van der Waals surface area contributed by atoms with Gasteiger partial charge < -0.3 is 20.5 Å². The van der Waals surface area contributed by atoms with E-state index in [1.165, 1.54) is 0 Å². The maximum absolute atomic E-state index is 11.6. The van der Waals surface area contributed by atoms with Crippen LogP contribution in [0.15, 0.2) is 49.1 Å². The molecule has 0 bridgehead atoms. The lowest BCUT2D eigenvalue weighted by Gasteiger charge is -2.22. The van der Waals surface area contributed by atoms with Gasteiger partial charge in [-0.05, 0) is 56.0 Å². The molecule has 1 aromatic carbocycles. The Morgan fingerprint density at radius 1 is 1.06 bits per heavy atom. The van der Waals surface area contributed by atoms with Gasteiger partial charge in [0.15, 0.2) is 0 Å². The molecule has 0 radical (unpaired) electrons. The number of amides is 2. The SMILES string of the molecule is O=C1NCC(C2(c3ccnc(NC4(c5cn(-c6ccc(Cl)cc6)cn5)CC4)n3)CC2)N1. The lowest BCUT2D eigenvalue weighted by atomic mass is 9.93. The molecule has 2 amide bonds. The molecule has 3 heterocycles. The Kier molecular flexibility index (Phi) is 4.02. The van der Waals surface area contributed by atoms with Crippen LogP contribution in [0.5, 0.6) is 0 Å². The minimum atomic E-state index is -0.240. The van der Waals surface area contributed by atoms with Gasteiger partial charge in [-0.2, -0.15) is 0 Å². The summed E-state index contributed by atoms with van der Waals surface area (Å²) in [6, 6.07) is 9.63. The normalized spacial score (nSPS) is 22.5. The van der Waals surface area contributed by atoms with E-state index in [1.807, 2.05) is 41.2 Å². The van der Waals surface area contributed by atoms with E-state index in [9.17, 15) is 4.79 Å². The van der Waals surface area contributed by atoms with Gasteiger partial charge in [0.1, 0.15) is 0 Å². The van der Waals surface area contributed by atoms with E-state index in [2.05, 4.69) is 32.1 Å². The summed E-state index contributed by atoms with van der Waals surface area (Å²) in [4.78, 5) is 25.6. The van der Waals surface area contributed by atoms with Crippen LogP contribution in [0.1, 0.15) is 37.1 Å². The highest BCUT2D eigenvalue weighted by molar-refractivity contribution is 6.30. The Morgan fingerprint density at radius 3 is 2.55 bits per heavy atom. The van der Waals surface area contributed by atoms with Crippen LogP contribution in [0.2, 0.25) is 5.02 Å². The summed E-state index contributed by atoms with van der Waals surface area (Å²) in [7, 11) is 0. The molecule has 3 fully saturated rings. The van der Waals surface area contributed by atoms with E-state index in [0.29, 0.717) is 17.5 Å². The number of benzene rings is 1. The van der Waals surface area contributed by atoms with Crippen molar-refractivity contribution in [1.82, 2.24) is 30.2 Å². The highest BCUT2D eigenvalue weighted by atomic mass is 35.5. The zero-order chi connectivity index (χ0) is 21.1. The molecular weight excluding hydrogens is 414 g/mol. The largest absolute Gasteiger partial charge is 0.343 e. The second kappa shape index (κ2) is 6.68. The summed E-state index contributed by atoms with van der Waals surface area (Å²) < 4.78 is 2.00. The molecule has 1 unspecified atom stereocenters. The maximum atomic E-state index is 11.6. The first kappa shape index (κ1) is 18.6. The number of nitrogens with one attached hydrogen (secondary N) is 3. The number of carbonyl (C=O) groups is 1. The highest BCUT2D eigenvalue weighted by Gasteiger charge is 2.54. The molecule has 158 valence electrons. The third-order valence-corrected chi connectivity index (χ3v) is 6.94. The van der Waals surface area contributed by atoms with E-state index in [1.54, 1.807) is 6.20 Å². The van der Waals surface area contributed by atoms with Crippen LogP contribution in [-0.4, -0.2) is 38.1 Å². The lowest BCUT2D eigenvalue weighted by molar-refractivity contribution is 0.246. The molecular formula is C22H22ClN7O. The summed E-state index contributed by atoms with van der Waals surface area (Å²) in [6.07, 6.45) is 9.68. The van der Waals surface area contributed by atoms with E-state index in [-0.39, 0.29) is 23.0 Å². The molecule has 6 rings (SSSR count). The number of hydrogen-bond donors (Lipinski definition) is 3. The standard InChI is InChI=1S/C22H22ClN7O/c23-14-1-3-15(4-2-14)30-12-18(26-13-30)22(8-9-22)29-19-24-10-5-16(27-19)21(6-7-21)17-11-25-20(31)28-17/h1-5,10,12-13,17H,6-9,11H2,(H,24,27,29)(H2,25,28,31). The van der Waals surface area contributed by atoms with E-state index in [0.717, 1.165) is 42.8 Å². The first-order chi connectivity index (χ1) is 15.1. The number of rotatable bonds is 6. The van der Waals surface area contributed by atoms with Crippen LogP contribution in [0.4, 0.5) is 10.7 Å². The van der Waals surface area contributed by atoms with Gasteiger partial charge in [-0.15, -0.1) is 0 Å². The van der Waals surface area contributed by atoms with E-state index < -0.39 is 0 Å². The quantitative estimate of drug-likeness (QED) is 0.552. The average Bonchev–Trinajstić information content (AvgIpc) is 3.65. The number of hydrogen-bond acceptors (Lipinski definition) is 5. The molecule has 1 aliphatic heterocycles. The highest BCUT2D eigenvalue weighted by Crippen LogP contribution is 2.51. The number of nitrogens with zero attached hydrogens (tertiary/aromatic N) is 4. The smallest absolute Gasteiger partial charge is 0.315 e. The molecule has 31 heavy (non-hydrogen) atoms. The Labute approximate surface area is 184 Å². The number of anilines is 1. The predicted octanol–water partition coefficient (Wildman–Crippen LogP) is 3.13. The monoisotopic (exact) mass is 435 g/mol. The Balaban J connectivity index is 1.23. The number of halogens is 1. The zero-order valence-electron chi connectivity index (χ0n) is 16.8. The second-order valence-corrected chi connectivity index (χ2v) is 9.11. The van der Waals surface area contributed by atoms with Crippen molar-refractivity contribution in [3.63, 3.8) is 0 Å². The van der Waals surface area contributed by atoms with Crippen LogP contribution in [0.3, 0.4) is 0 Å². The molecule has 8 nitrogen and oxygen atoms in total. The lowest BCUT2D eigenvalue weighted by Crippen LogP contribution is -2.38. The molecule has 0 spiro atoms. The van der Waals surface area contributed by atoms with Gasteiger partial charge in [-0.25, -0.2) is 19.7 Å². The van der Waals surface area contributed by atoms with Crippen LogP contribution in [-0.2, 0) is 11.0 Å². The predicted molar refractivity (Wildman–Crippen MR) is 116 cm³/mol. The van der Waals surface area contributed by atoms with Crippen molar-refractivity contribution in [2.45, 2.75) is 42.7 Å². The number of carbonyl (C=O) groups excluding carboxylic acids is 1. The molecule has 2 aliphatic carbocycles. The van der Waals surface area contributed by atoms with Crippen LogP contribution in [0.25, 0.3) is 5.69 Å². The minimum absolute atomic E-state index is 0.0766. The fourth-order valence-electron chi connectivity index (χ4n) is 4.51. The number of aromatic nitrogens is 4. The van der Waals surface area contributed by atoms with Crippen molar-refractivity contribution < 1.29 is 4.79 Å². The first-order valence-electron chi connectivity index (χ1n) is 10.5. The minimum Gasteiger partial charge on any atom is -0.343 e. The molecule has 3 N–H and O–H groups in total. The Morgan fingerprint density at radius 2 is 1.87 bits per heavy atom. The third kappa shape index (κ3) is 3.22. The second-order valence-electron chi connectivity index (χ2n) is 8.68. The van der Waals surface area contributed by atoms with Crippen molar-refractivity contribution in [1.29, 1.82) is 0 Å². The summed E-state index contributed by atoms with van der Waals surface area (Å²) in [5.74, 6) is 0.611. The van der Waals surface area contributed by atoms with Crippen molar-refractivity contribution in [3.8, 4) is 5.69 Å². The van der Waals surface area contributed by atoms with Crippen LogP contribution in [0, 0.1) is 0 Å². The zero-order valence-corrected chi connectivity index (χ0v) is 17.6. The Bertz CT molecular complexity index is 1150. The topological polar surface area (TPSA) is 96.8 Å². The molecule has 1 saturated heterocycles. The Hall–Kier alpha value is -3.13. The molecule has 9 heteroatoms. The molecule has 3 aliphatic rings. The van der Waals surface area contributed by atoms with E-state index in [4.69, 9.17) is 16.6 Å². The van der Waals surface area contributed by atoms with Crippen molar-refractivity contribution in [2.75, 3.05) is 11.9 Å². The number of imidazole rings is 1. The van der Waals surface area contributed by atoms with Crippen molar-refractivity contribution in [3.05, 3.63) is 65.5 Å². The van der Waals surface area contributed by atoms with Crippen LogP contribution >= 0.6 is 11.6 Å². The van der Waals surface area contributed by atoms with Gasteiger partial charge in [-0.1, -0.05) is 11.6 Å². The maximum Gasteiger partial charge on any atom is 0.315 e. The van der Waals surface area contributed by atoms with Gasteiger partial charge in [0.2, 0.25) is 5.95 Å². The molecule has 2 saturated carbocycles. The summed E-state index contributed by atoms with van der Waals surface area (Å²) in [5.41, 5.74) is 2.65. The summed E-state index contributed by atoms with van der Waals surface area (Å²) in [5, 5.41) is 10.1. The van der Waals surface area contributed by atoms with Gasteiger partial charge in [-0.3, -0.25) is 0 Å². The molecule has 1 atom stereocenters. The first-order valence-corrected chi connectivity index (χ1v) is 10.9. The van der Waals surface area contributed by atoms with Gasteiger partial charge >= 0.3 is 6.03 Å². The van der Waals surface area contributed by atoms with Crippen molar-refractivity contribution in [2.24, 2.45) is 0 Å². The molecule has 2 aromatic heterocycles. The van der Waals surface area contributed by atoms with Gasteiger partial charge in [0.05, 0.1) is 29.3 Å². The van der Waals surface area contributed by atoms with Gasteiger partial charge in [0.25, 0.3) is 0 Å². The molecule has 3 aromatic rings. The number of urea groups is 1. The summed E-state index contributed by atoms with van der Waals surface area (Å²) in [6.45, 7) is 0.637. The van der Waals surface area contributed by atoms with Gasteiger partial charge in [0, 0.05) is 35.1 Å².